The number of likely N-dealkylation sites (N-methyl/N-ethyl adjacent to an activating group) is 1. The molecule has 0 saturated carbocycles. The van der Waals surface area contributed by atoms with Crippen LogP contribution in [-0.2, 0) is 0 Å². The second kappa shape index (κ2) is 12.8. The molecule has 4 aromatic rings. The number of hydrogen-bond donors (Lipinski definition) is 1. The van der Waals surface area contributed by atoms with Gasteiger partial charge in [-0.1, -0.05) is 0 Å². The zero-order valence-corrected chi connectivity index (χ0v) is 24.7. The Balaban J connectivity index is 1.31. The largest absolute Gasteiger partial charge is 0.476 e. The lowest BCUT2D eigenvalue weighted by atomic mass is 10.1. The van der Waals surface area contributed by atoms with Crippen molar-refractivity contribution in [1.29, 1.82) is 5.26 Å². The second-order valence-corrected chi connectivity index (χ2v) is 10.9. The van der Waals surface area contributed by atoms with Crippen LogP contribution < -0.4 is 10.1 Å². The molecule has 1 aliphatic rings. The number of anilines is 2. The fourth-order valence-electron chi connectivity index (χ4n) is 4.75. The summed E-state index contributed by atoms with van der Waals surface area (Å²) >= 11 is 3.55. The molecule has 0 atom stereocenters. The van der Waals surface area contributed by atoms with E-state index in [2.05, 4.69) is 55.1 Å². The smallest absolute Gasteiger partial charge is 0.255 e. The van der Waals surface area contributed by atoms with Gasteiger partial charge in [0, 0.05) is 67.4 Å². The monoisotopic (exact) mass is 638 g/mol. The van der Waals surface area contributed by atoms with E-state index in [1.165, 1.54) is 24.5 Å². The molecule has 1 fully saturated rings. The van der Waals surface area contributed by atoms with E-state index in [0.717, 1.165) is 26.2 Å². The molecule has 0 bridgehead atoms. The van der Waals surface area contributed by atoms with Crippen molar-refractivity contribution in [3.63, 3.8) is 0 Å². The first-order valence-electron chi connectivity index (χ1n) is 13.3. The molecule has 0 radical (unpaired) electrons. The van der Waals surface area contributed by atoms with Crippen LogP contribution in [0, 0.1) is 23.0 Å². The summed E-state index contributed by atoms with van der Waals surface area (Å²) in [7, 11) is 4.11. The van der Waals surface area contributed by atoms with Crippen LogP contribution in [0.4, 0.5) is 20.3 Å². The van der Waals surface area contributed by atoms with Crippen LogP contribution in [-0.4, -0.2) is 94.9 Å². The number of halogens is 3. The number of piperazine rings is 1. The van der Waals surface area contributed by atoms with E-state index in [9.17, 15) is 13.6 Å². The maximum absolute atomic E-state index is 14.9. The Kier molecular flexibility index (Phi) is 8.96. The van der Waals surface area contributed by atoms with Crippen molar-refractivity contribution >= 4 is 39.0 Å². The van der Waals surface area contributed by atoms with Crippen molar-refractivity contribution in [3.8, 4) is 23.1 Å². The number of hydrogen-bond acceptors (Lipinski definition) is 8. The molecule has 13 heteroatoms. The van der Waals surface area contributed by atoms with Crippen LogP contribution in [0.25, 0.3) is 16.9 Å². The number of nitrogens with zero attached hydrogens (tertiary/aromatic N) is 7. The van der Waals surface area contributed by atoms with E-state index in [0.29, 0.717) is 46.0 Å². The number of fused-ring (bicyclic) bond motifs is 1. The zero-order valence-electron chi connectivity index (χ0n) is 23.1. The number of imidazole rings is 1. The number of rotatable bonds is 9. The van der Waals surface area contributed by atoms with E-state index >= 15 is 0 Å². The van der Waals surface area contributed by atoms with Crippen molar-refractivity contribution in [2.24, 2.45) is 0 Å². The quantitative estimate of drug-likeness (QED) is 0.288. The van der Waals surface area contributed by atoms with E-state index in [1.807, 2.05) is 4.90 Å². The number of carbonyl (C=O) groups is 1. The van der Waals surface area contributed by atoms with Crippen molar-refractivity contribution < 1.29 is 18.3 Å². The standard InChI is InChI=1S/C29H29BrF2N8O2/c1-37(2)10-11-38-12-14-39(15-13-38)29(41)20-4-3-19(17-22(20)30)36-27-28-35-18-23(40(28)9-8-34-27)21-5-6-24(42-16-7-33)26(32)25(21)31/h3-6,8-9,17-18H,10-16H2,1-2H3,(H,34,36). The summed E-state index contributed by atoms with van der Waals surface area (Å²) in [6.07, 6.45) is 4.54. The highest BCUT2D eigenvalue weighted by Gasteiger charge is 2.24. The highest BCUT2D eigenvalue weighted by atomic mass is 79.9. The van der Waals surface area contributed by atoms with Gasteiger partial charge in [-0.05, 0) is 60.4 Å². The zero-order chi connectivity index (χ0) is 29.8. The summed E-state index contributed by atoms with van der Waals surface area (Å²) in [5.41, 5.74) is 1.90. The van der Waals surface area contributed by atoms with Crippen molar-refractivity contribution in [3.05, 3.63) is 70.6 Å². The summed E-state index contributed by atoms with van der Waals surface area (Å²) < 4.78 is 36.7. The molecule has 0 aliphatic carbocycles. The van der Waals surface area contributed by atoms with Crippen molar-refractivity contribution in [2.45, 2.75) is 0 Å². The molecule has 0 spiro atoms. The van der Waals surface area contributed by atoms with Gasteiger partial charge in [0.25, 0.3) is 5.91 Å². The minimum Gasteiger partial charge on any atom is -0.476 e. The summed E-state index contributed by atoms with van der Waals surface area (Å²) in [4.78, 5) is 28.4. The summed E-state index contributed by atoms with van der Waals surface area (Å²) in [6, 6.07) is 9.72. The summed E-state index contributed by atoms with van der Waals surface area (Å²) in [5, 5.41) is 11.9. The lowest BCUT2D eigenvalue weighted by Gasteiger charge is -2.35. The molecule has 1 N–H and O–H groups in total. The van der Waals surface area contributed by atoms with Gasteiger partial charge in [-0.3, -0.25) is 14.1 Å². The number of nitriles is 1. The van der Waals surface area contributed by atoms with E-state index < -0.39 is 18.2 Å². The van der Waals surface area contributed by atoms with Gasteiger partial charge in [-0.15, -0.1) is 0 Å². The van der Waals surface area contributed by atoms with Crippen LogP contribution in [0.5, 0.6) is 5.75 Å². The Morgan fingerprint density at radius 2 is 1.93 bits per heavy atom. The summed E-state index contributed by atoms with van der Waals surface area (Å²) in [6.45, 7) is 4.60. The molecule has 1 saturated heterocycles. The first-order valence-corrected chi connectivity index (χ1v) is 14.1. The van der Waals surface area contributed by atoms with Gasteiger partial charge in [0.15, 0.2) is 29.6 Å². The number of amides is 1. The van der Waals surface area contributed by atoms with Gasteiger partial charge in [0.2, 0.25) is 5.82 Å². The average Bonchev–Trinajstić information content (AvgIpc) is 3.42. The lowest BCUT2D eigenvalue weighted by Crippen LogP contribution is -2.50. The Morgan fingerprint density at radius 1 is 1.14 bits per heavy atom. The third-order valence-electron chi connectivity index (χ3n) is 7.03. The maximum atomic E-state index is 14.9. The molecule has 218 valence electrons. The topological polar surface area (TPSA) is 102 Å². The molecule has 3 heterocycles. The first-order chi connectivity index (χ1) is 20.3. The van der Waals surface area contributed by atoms with Crippen LogP contribution in [0.2, 0.25) is 0 Å². The maximum Gasteiger partial charge on any atom is 0.255 e. The van der Waals surface area contributed by atoms with Crippen LogP contribution in [0.3, 0.4) is 0 Å². The third kappa shape index (κ3) is 6.20. The highest BCUT2D eigenvalue weighted by Crippen LogP contribution is 2.32. The normalized spacial score (nSPS) is 13.9. The van der Waals surface area contributed by atoms with Gasteiger partial charge < -0.3 is 19.9 Å². The minimum atomic E-state index is -1.18. The minimum absolute atomic E-state index is 0.0226. The SMILES string of the molecule is CN(C)CCN1CCN(C(=O)c2ccc(Nc3nccn4c(-c5ccc(OCC#N)c(F)c5F)cnc34)cc2Br)CC1. The van der Waals surface area contributed by atoms with Gasteiger partial charge >= 0.3 is 0 Å². The Hall–Kier alpha value is -4.12. The van der Waals surface area contributed by atoms with E-state index in [1.54, 1.807) is 34.9 Å². The molecule has 2 aromatic heterocycles. The van der Waals surface area contributed by atoms with Crippen LogP contribution in [0.1, 0.15) is 10.4 Å². The van der Waals surface area contributed by atoms with Crippen molar-refractivity contribution in [1.82, 2.24) is 29.1 Å². The highest BCUT2D eigenvalue weighted by molar-refractivity contribution is 9.10. The number of ether oxygens (including phenoxy) is 1. The average molecular weight is 640 g/mol. The molecule has 10 nitrogen and oxygen atoms in total. The predicted molar refractivity (Wildman–Crippen MR) is 158 cm³/mol. The molecular weight excluding hydrogens is 610 g/mol. The Bertz CT molecular complexity index is 1650. The van der Waals surface area contributed by atoms with Gasteiger partial charge in [-0.25, -0.2) is 14.4 Å². The summed E-state index contributed by atoms with van der Waals surface area (Å²) in [5.74, 6) is -2.28. The molecule has 42 heavy (non-hydrogen) atoms. The van der Waals surface area contributed by atoms with E-state index in [-0.39, 0.29) is 17.2 Å². The van der Waals surface area contributed by atoms with Crippen LogP contribution in [0.15, 0.2) is 53.4 Å². The number of benzene rings is 2. The van der Waals surface area contributed by atoms with Gasteiger partial charge in [-0.2, -0.15) is 9.65 Å². The van der Waals surface area contributed by atoms with Crippen molar-refractivity contribution in [2.75, 3.05) is 65.3 Å². The Morgan fingerprint density at radius 3 is 2.64 bits per heavy atom. The fraction of sp³-hybridized carbons (Fsp3) is 0.310. The van der Waals surface area contributed by atoms with E-state index in [4.69, 9.17) is 10.00 Å². The fourth-order valence-corrected chi connectivity index (χ4v) is 5.30. The Labute approximate surface area is 250 Å². The molecule has 0 unspecified atom stereocenters. The molecule has 5 rings (SSSR count). The van der Waals surface area contributed by atoms with Gasteiger partial charge in [0.05, 0.1) is 17.5 Å². The molecule has 1 aliphatic heterocycles. The molecule has 2 aromatic carbocycles. The predicted octanol–water partition coefficient (Wildman–Crippen LogP) is 4.40. The van der Waals surface area contributed by atoms with Gasteiger partial charge in [0.1, 0.15) is 6.07 Å². The third-order valence-corrected chi connectivity index (χ3v) is 7.68. The number of nitrogens with one attached hydrogen (secondary N) is 1. The second-order valence-electron chi connectivity index (χ2n) is 10.1. The first kappa shape index (κ1) is 29.4. The molecule has 1 amide bonds. The molecular formula is C29H29BrF2N8O2. The van der Waals surface area contributed by atoms with Crippen LogP contribution >= 0.6 is 15.9 Å². The number of aromatic nitrogens is 3. The number of carbonyl (C=O) groups excluding carboxylic acids is 1. The lowest BCUT2D eigenvalue weighted by molar-refractivity contribution is 0.0629.